The lowest BCUT2D eigenvalue weighted by Gasteiger charge is -2.22. The summed E-state index contributed by atoms with van der Waals surface area (Å²) < 4.78 is 41.8. The van der Waals surface area contributed by atoms with Gasteiger partial charge in [-0.1, -0.05) is 5.21 Å². The summed E-state index contributed by atoms with van der Waals surface area (Å²) in [6.45, 7) is 0.523. The van der Waals surface area contributed by atoms with Crippen molar-refractivity contribution in [3.05, 3.63) is 36.2 Å². The smallest absolute Gasteiger partial charge is 0.415 e. The van der Waals surface area contributed by atoms with Crippen LogP contribution in [0.3, 0.4) is 0 Å². The molecule has 1 aromatic heterocycles. The molecular formula is C19H19F2N7O4. The van der Waals surface area contributed by atoms with E-state index in [1.807, 2.05) is 0 Å². The predicted molar refractivity (Wildman–Crippen MR) is 106 cm³/mol. The van der Waals surface area contributed by atoms with E-state index in [-0.39, 0.29) is 43.6 Å². The van der Waals surface area contributed by atoms with E-state index in [0.717, 1.165) is 17.1 Å². The molecule has 1 saturated carbocycles. The number of carbonyl (C=O) groups excluding carboxylic acids is 2. The Morgan fingerprint density at radius 1 is 1.28 bits per heavy atom. The second kappa shape index (κ2) is 7.43. The fraction of sp³-hybridized carbons (Fsp3) is 0.421. The van der Waals surface area contributed by atoms with Gasteiger partial charge in [0.25, 0.3) is 0 Å². The Kier molecular flexibility index (Phi) is 4.68. The summed E-state index contributed by atoms with van der Waals surface area (Å²) in [5.74, 6) is -1.78. The summed E-state index contributed by atoms with van der Waals surface area (Å²) in [6, 6.07) is 1.98. The van der Waals surface area contributed by atoms with Crippen LogP contribution in [0.1, 0.15) is 12.5 Å². The van der Waals surface area contributed by atoms with Crippen molar-refractivity contribution in [3.8, 4) is 0 Å². The van der Waals surface area contributed by atoms with E-state index < -0.39 is 29.4 Å². The van der Waals surface area contributed by atoms with Crippen LogP contribution < -0.4 is 9.91 Å². The van der Waals surface area contributed by atoms with E-state index >= 15 is 0 Å². The molecule has 11 nitrogen and oxygen atoms in total. The highest BCUT2D eigenvalue weighted by Crippen LogP contribution is 2.54. The Morgan fingerprint density at radius 3 is 2.75 bits per heavy atom. The molecule has 1 aliphatic carbocycles. The summed E-state index contributed by atoms with van der Waals surface area (Å²) in [5.41, 5.74) is -1.11. The van der Waals surface area contributed by atoms with Crippen LogP contribution >= 0.6 is 0 Å². The first-order chi connectivity index (χ1) is 15.4. The lowest BCUT2D eigenvalue weighted by atomic mass is 10.2. The van der Waals surface area contributed by atoms with Crippen molar-refractivity contribution in [1.29, 1.82) is 0 Å². The average molecular weight is 447 g/mol. The van der Waals surface area contributed by atoms with Gasteiger partial charge in [-0.2, -0.15) is 5.10 Å². The number of hydrazone groups is 1. The molecule has 0 bridgehead atoms. The Labute approximate surface area is 180 Å². The van der Waals surface area contributed by atoms with Crippen molar-refractivity contribution in [2.45, 2.75) is 18.1 Å². The Hall–Kier alpha value is -3.77. The van der Waals surface area contributed by atoms with E-state index in [2.05, 4.69) is 20.2 Å². The van der Waals surface area contributed by atoms with Gasteiger partial charge in [0, 0.05) is 37.5 Å². The van der Waals surface area contributed by atoms with Gasteiger partial charge in [0.2, 0.25) is 0 Å². The summed E-state index contributed by atoms with van der Waals surface area (Å²) in [6.07, 6.45) is 3.88. The maximum Gasteiger partial charge on any atom is 0.415 e. The van der Waals surface area contributed by atoms with Gasteiger partial charge in [0.05, 0.1) is 44.7 Å². The van der Waals surface area contributed by atoms with E-state index in [1.165, 1.54) is 29.3 Å². The number of rotatable bonds is 3. The highest BCUT2D eigenvalue weighted by molar-refractivity contribution is 5.91. The summed E-state index contributed by atoms with van der Waals surface area (Å²) in [5, 5.41) is 12.9. The standard InChI is InChI=1S/C19H19F2N7O4/c1-31-17(29)25-4-3-23-28(7-6-25)16-13(20)8-12(9-14(16)21)26-11-19(32-18(26)30)10-15(19)27-5-2-22-24-27/h2-3,5,8-9,15H,4,6-7,10-11H2,1H3/t15-,19-/m0/s1. The number of hydrogen-bond acceptors (Lipinski definition) is 8. The fourth-order valence-corrected chi connectivity index (χ4v) is 4.07. The van der Waals surface area contributed by atoms with Crippen molar-refractivity contribution in [2.75, 3.05) is 43.2 Å². The van der Waals surface area contributed by atoms with Crippen LogP contribution in [-0.2, 0) is 9.47 Å². The second-order valence-electron chi connectivity index (χ2n) is 7.72. The van der Waals surface area contributed by atoms with Crippen LogP contribution in [-0.4, -0.2) is 77.2 Å². The lowest BCUT2D eigenvalue weighted by Crippen LogP contribution is -2.36. The highest BCUT2D eigenvalue weighted by atomic mass is 19.1. The first-order valence-electron chi connectivity index (χ1n) is 9.90. The van der Waals surface area contributed by atoms with Gasteiger partial charge in [-0.25, -0.2) is 23.1 Å². The fourth-order valence-electron chi connectivity index (χ4n) is 4.07. The van der Waals surface area contributed by atoms with Crippen LogP contribution in [0.4, 0.5) is 29.7 Å². The molecule has 3 heterocycles. The van der Waals surface area contributed by atoms with E-state index in [0.29, 0.717) is 6.42 Å². The minimum Gasteiger partial charge on any atom is -0.453 e. The van der Waals surface area contributed by atoms with Gasteiger partial charge in [0.1, 0.15) is 5.69 Å². The number of methoxy groups -OCH3 is 1. The van der Waals surface area contributed by atoms with Crippen molar-refractivity contribution >= 4 is 29.8 Å². The molecule has 1 spiro atoms. The molecule has 3 aliphatic rings. The number of nitrogens with zero attached hydrogens (tertiary/aromatic N) is 7. The van der Waals surface area contributed by atoms with Gasteiger partial charge in [-0.15, -0.1) is 5.10 Å². The summed E-state index contributed by atoms with van der Waals surface area (Å²) in [7, 11) is 1.25. The predicted octanol–water partition coefficient (Wildman–Crippen LogP) is 1.77. The van der Waals surface area contributed by atoms with Crippen LogP contribution in [0.15, 0.2) is 29.6 Å². The number of halogens is 2. The number of anilines is 2. The van der Waals surface area contributed by atoms with Gasteiger partial charge >= 0.3 is 12.2 Å². The SMILES string of the molecule is COC(=O)N1CC=NN(c2c(F)cc(N3C[C@]4(C[C@@H]4n4ccnn4)OC3=O)cc2F)CC1. The third-order valence-corrected chi connectivity index (χ3v) is 5.79. The largest absolute Gasteiger partial charge is 0.453 e. The van der Waals surface area contributed by atoms with Crippen molar-refractivity contribution in [2.24, 2.45) is 5.10 Å². The number of benzene rings is 1. The van der Waals surface area contributed by atoms with Crippen molar-refractivity contribution < 1.29 is 27.8 Å². The number of hydrogen-bond donors (Lipinski definition) is 0. The Balaban J connectivity index is 1.35. The summed E-state index contributed by atoms with van der Waals surface area (Å²) in [4.78, 5) is 26.7. The Bertz CT molecular complexity index is 1070. The monoisotopic (exact) mass is 447 g/mol. The van der Waals surface area contributed by atoms with E-state index in [9.17, 15) is 18.4 Å². The zero-order chi connectivity index (χ0) is 22.5. The van der Waals surface area contributed by atoms with Gasteiger partial charge in [0.15, 0.2) is 17.2 Å². The molecule has 2 atom stereocenters. The number of carbonyl (C=O) groups is 2. The first kappa shape index (κ1) is 20.2. The average Bonchev–Trinajstić information content (AvgIpc) is 3.09. The van der Waals surface area contributed by atoms with Crippen LogP contribution in [0, 0.1) is 11.6 Å². The molecule has 2 aromatic rings. The lowest BCUT2D eigenvalue weighted by molar-refractivity contribution is 0.118. The van der Waals surface area contributed by atoms with Gasteiger partial charge < -0.3 is 14.4 Å². The van der Waals surface area contributed by atoms with Crippen LogP contribution in [0.5, 0.6) is 0 Å². The summed E-state index contributed by atoms with van der Waals surface area (Å²) >= 11 is 0. The maximum absolute atomic E-state index is 15.0. The molecule has 2 amide bonds. The first-order valence-corrected chi connectivity index (χ1v) is 9.90. The van der Waals surface area contributed by atoms with Crippen molar-refractivity contribution in [3.63, 3.8) is 0 Å². The van der Waals surface area contributed by atoms with Gasteiger partial charge in [-0.05, 0) is 0 Å². The molecular weight excluding hydrogens is 428 g/mol. The molecule has 0 radical (unpaired) electrons. The molecule has 2 aliphatic heterocycles. The molecule has 1 aromatic carbocycles. The molecule has 13 heteroatoms. The van der Waals surface area contributed by atoms with Crippen LogP contribution in [0.25, 0.3) is 0 Å². The molecule has 0 N–H and O–H groups in total. The normalized spacial score (nSPS) is 24.7. The molecule has 1 saturated heterocycles. The second-order valence-corrected chi connectivity index (χ2v) is 7.72. The third kappa shape index (κ3) is 3.29. The zero-order valence-electron chi connectivity index (χ0n) is 17.0. The molecule has 168 valence electrons. The van der Waals surface area contributed by atoms with E-state index in [4.69, 9.17) is 4.74 Å². The number of ether oxygens (including phenoxy) is 2. The molecule has 2 fully saturated rings. The van der Waals surface area contributed by atoms with Crippen LogP contribution in [0.2, 0.25) is 0 Å². The number of amides is 2. The molecule has 0 unspecified atom stereocenters. The highest BCUT2D eigenvalue weighted by Gasteiger charge is 2.65. The quantitative estimate of drug-likeness (QED) is 0.706. The molecule has 5 rings (SSSR count). The Morgan fingerprint density at radius 2 is 2.06 bits per heavy atom. The van der Waals surface area contributed by atoms with Gasteiger partial charge in [-0.3, -0.25) is 9.91 Å². The van der Waals surface area contributed by atoms with E-state index in [1.54, 1.807) is 10.9 Å². The topological polar surface area (TPSA) is 105 Å². The third-order valence-electron chi connectivity index (χ3n) is 5.79. The minimum absolute atomic E-state index is 0.0462. The number of aromatic nitrogens is 3. The maximum atomic E-state index is 15.0. The zero-order valence-corrected chi connectivity index (χ0v) is 17.0. The molecule has 32 heavy (non-hydrogen) atoms. The minimum atomic E-state index is -0.888. The van der Waals surface area contributed by atoms with Crippen molar-refractivity contribution in [1.82, 2.24) is 19.9 Å².